The van der Waals surface area contributed by atoms with E-state index < -0.39 is 47.6 Å². The van der Waals surface area contributed by atoms with Gasteiger partial charge in [-0.1, -0.05) is 13.0 Å². The van der Waals surface area contributed by atoms with Crippen LogP contribution in [0, 0.1) is 5.92 Å². The Morgan fingerprint density at radius 2 is 1.37 bits per heavy atom. The van der Waals surface area contributed by atoms with Crippen LogP contribution in [0.15, 0.2) is 79.6 Å². The Morgan fingerprint density at radius 3 is 2.00 bits per heavy atom. The third kappa shape index (κ3) is 8.62. The van der Waals surface area contributed by atoms with Crippen LogP contribution in [0.4, 0.5) is 43.8 Å². The molecule has 25 heteroatoms. The van der Waals surface area contributed by atoms with E-state index in [1.807, 2.05) is 22.5 Å². The molecule has 0 radical (unpaired) electrons. The van der Waals surface area contributed by atoms with Crippen LogP contribution in [0.1, 0.15) is 56.8 Å². The number of carbonyl (C=O) groups excluding carboxylic acids is 2. The molecule has 376 valence electrons. The number of phenolic OH excluding ortho intramolecular Hbond substituents is 1. The second kappa shape index (κ2) is 17.9. The number of carbonyl (C=O) groups is 2. The van der Waals surface area contributed by atoms with E-state index in [1.165, 1.54) is 29.7 Å². The fraction of sp³-hybridized carbons (Fsp3) is 0.292. The van der Waals surface area contributed by atoms with Crippen molar-refractivity contribution in [3.8, 4) is 56.9 Å². The van der Waals surface area contributed by atoms with E-state index in [0.29, 0.717) is 63.7 Å². The molecule has 73 heavy (non-hydrogen) atoms. The van der Waals surface area contributed by atoms with E-state index in [2.05, 4.69) is 35.8 Å². The molecule has 0 saturated carbocycles. The number of aromatic hydroxyl groups is 1. The maximum atomic E-state index is 14.2. The first-order valence-electron chi connectivity index (χ1n) is 22.7. The highest BCUT2D eigenvalue weighted by Gasteiger charge is 2.43. The number of aromatic nitrogens is 12. The average molecular weight is 1010 g/mol. The van der Waals surface area contributed by atoms with Gasteiger partial charge in [0.1, 0.15) is 47.1 Å². The largest absolute Gasteiger partial charge is 0.508 e. The summed E-state index contributed by atoms with van der Waals surface area (Å²) in [5, 5.41) is 34.8. The highest BCUT2D eigenvalue weighted by molar-refractivity contribution is 6.11. The molecule has 1 unspecified atom stereocenters. The molecule has 2 amide bonds. The zero-order valence-electron chi connectivity index (χ0n) is 39.8. The molecule has 0 spiro atoms. The van der Waals surface area contributed by atoms with Gasteiger partial charge in [-0.05, 0) is 60.5 Å². The van der Waals surface area contributed by atoms with Crippen LogP contribution < -0.4 is 24.5 Å². The van der Waals surface area contributed by atoms with Crippen molar-refractivity contribution < 1.29 is 50.5 Å². The van der Waals surface area contributed by atoms with Crippen molar-refractivity contribution in [3.63, 3.8) is 0 Å². The first-order valence-corrected chi connectivity index (χ1v) is 22.7. The van der Waals surface area contributed by atoms with Gasteiger partial charge in [0.15, 0.2) is 18.2 Å². The van der Waals surface area contributed by atoms with Crippen LogP contribution in [0.2, 0.25) is 0 Å². The number of hydrogen-bond acceptors (Lipinski definition) is 12. The minimum absolute atomic E-state index is 0.00762. The van der Waals surface area contributed by atoms with Gasteiger partial charge in [-0.15, -0.1) is 25.1 Å². The van der Waals surface area contributed by atoms with Crippen molar-refractivity contribution in [1.82, 2.24) is 54.0 Å². The second-order valence-electron chi connectivity index (χ2n) is 17.8. The number of benzene rings is 2. The summed E-state index contributed by atoms with van der Waals surface area (Å²) in [5.74, 6) is -0.834. The molecule has 0 fully saturated rings. The number of halogens is 6. The van der Waals surface area contributed by atoms with Crippen LogP contribution >= 0.6 is 0 Å². The van der Waals surface area contributed by atoms with E-state index in [0.717, 1.165) is 17.0 Å². The third-order valence-corrected chi connectivity index (χ3v) is 12.8. The van der Waals surface area contributed by atoms with Gasteiger partial charge in [-0.3, -0.25) is 24.1 Å². The lowest BCUT2D eigenvalue weighted by molar-refractivity contribution is -0.776. The number of nitrogens with zero attached hydrogens (tertiary/aromatic N) is 14. The Labute approximate surface area is 410 Å². The van der Waals surface area contributed by atoms with Crippen LogP contribution in [-0.4, -0.2) is 84.0 Å². The molecule has 6 aromatic heterocycles. The number of ether oxygens (including phenoxy) is 1. The molecule has 10 rings (SSSR count). The monoisotopic (exact) mass is 1010 g/mol. The molecule has 0 aliphatic carbocycles. The van der Waals surface area contributed by atoms with Gasteiger partial charge in [0.2, 0.25) is 12.1 Å². The van der Waals surface area contributed by atoms with Gasteiger partial charge in [0.05, 0.1) is 55.3 Å². The molecule has 8 aromatic rings. The molecule has 19 nitrogen and oxygen atoms in total. The molecule has 2 aliphatic heterocycles. The highest BCUT2D eigenvalue weighted by Crippen LogP contribution is 2.43. The number of pyridine rings is 2. The number of amides is 2. The number of rotatable bonds is 13. The summed E-state index contributed by atoms with van der Waals surface area (Å²) < 4.78 is 99.9. The van der Waals surface area contributed by atoms with Gasteiger partial charge in [0.25, 0.3) is 11.8 Å². The normalized spacial score (nSPS) is 14.1. The van der Waals surface area contributed by atoms with Gasteiger partial charge in [-0.25, -0.2) is 4.98 Å². The molecule has 1 atom stereocenters. The zero-order chi connectivity index (χ0) is 51.8. The maximum Gasteiger partial charge on any atom is 0.416 e. The second-order valence-corrected chi connectivity index (χ2v) is 17.8. The lowest BCUT2D eigenvalue weighted by Crippen LogP contribution is -2.45. The quantitative estimate of drug-likeness (QED) is 0.0891. The number of hydrogen-bond donors (Lipinski definition) is 2. The Balaban J connectivity index is 0.990. The van der Waals surface area contributed by atoms with Crippen LogP contribution in [0.5, 0.6) is 11.6 Å². The predicted octanol–water partition coefficient (Wildman–Crippen LogP) is 6.97. The number of fused-ring (bicyclic) bond motifs is 2. The molecule has 2 aliphatic rings. The maximum absolute atomic E-state index is 14.2. The van der Waals surface area contributed by atoms with Gasteiger partial charge >= 0.3 is 12.4 Å². The summed E-state index contributed by atoms with van der Waals surface area (Å²) in [4.78, 5) is 39.4. The predicted molar refractivity (Wildman–Crippen MR) is 250 cm³/mol. The SMILES string of the molecule is CCOc1cc(-c2c(-c3nncn3C)c[n+](CC(C)CNc3cc(-c4c(-c5nncn5C)cnn4C)cc(N4Cc5c(cccc5C(F)(F)F)C4=O)n3)n2C)cc(N2Cc3c(cc(O)cc3C(F)(F)F)C2=O)n1. The average Bonchev–Trinajstić information content (AvgIpc) is 4.21. The van der Waals surface area contributed by atoms with E-state index in [-0.39, 0.29) is 65.4 Å². The molecule has 2 aromatic carbocycles. The first kappa shape index (κ1) is 48.0. The molecule has 0 bridgehead atoms. The molecule has 0 saturated heterocycles. The number of aryl methyl sites for hydroxylation is 3. The van der Waals surface area contributed by atoms with Crippen molar-refractivity contribution in [1.29, 1.82) is 0 Å². The Bertz CT molecular complexity index is 3500. The molecular weight excluding hydrogens is 965 g/mol. The molecule has 8 heterocycles. The van der Waals surface area contributed by atoms with Crippen LogP contribution in [0.25, 0.3) is 45.3 Å². The van der Waals surface area contributed by atoms with Crippen molar-refractivity contribution in [3.05, 3.63) is 113 Å². The van der Waals surface area contributed by atoms with Gasteiger partial charge in [-0.2, -0.15) is 41.1 Å². The van der Waals surface area contributed by atoms with Crippen molar-refractivity contribution in [2.24, 2.45) is 34.1 Å². The summed E-state index contributed by atoms with van der Waals surface area (Å²) in [6, 6.07) is 11.8. The van der Waals surface area contributed by atoms with Crippen LogP contribution in [0.3, 0.4) is 0 Å². The lowest BCUT2D eigenvalue weighted by atomic mass is 10.0. The number of anilines is 3. The Morgan fingerprint density at radius 1 is 0.753 bits per heavy atom. The third-order valence-electron chi connectivity index (χ3n) is 12.8. The highest BCUT2D eigenvalue weighted by atomic mass is 19.4. The van der Waals surface area contributed by atoms with Crippen molar-refractivity contribution in [2.75, 3.05) is 28.3 Å². The topological polar surface area (TPSA) is 196 Å². The summed E-state index contributed by atoms with van der Waals surface area (Å²) in [5.41, 5.74) is 0.517. The smallest absolute Gasteiger partial charge is 0.416 e. The minimum Gasteiger partial charge on any atom is -0.508 e. The summed E-state index contributed by atoms with van der Waals surface area (Å²) in [6.45, 7) is 3.71. The minimum atomic E-state index is -4.85. The summed E-state index contributed by atoms with van der Waals surface area (Å²) >= 11 is 0. The number of nitrogens with one attached hydrogen (secondary N) is 1. The van der Waals surface area contributed by atoms with Crippen molar-refractivity contribution >= 4 is 29.3 Å². The standard InChI is InChI=1S/C48H43F6N15O4/c1-7-73-40-14-27(13-39(60-40)69-22-33-30(46(69)72)15-28(70)16-36(33)48(52,53)54)42-34(44-62-57-24-64(44)4)20-67(66(42)6)19-25(2)17-55-37-11-26(41-31(18-58-65(41)5)43-61-56-23-63(43)3)12-38(59-37)68-21-32-29(45(68)71)9-8-10-35(32)47(49,50)51/h8-16,18,20,23-25H,7,17,19,21-22H2,1-6H3,(H-,55,59,70)/p+1. The van der Waals surface area contributed by atoms with Crippen molar-refractivity contribution in [2.45, 2.75) is 45.8 Å². The van der Waals surface area contributed by atoms with E-state index in [9.17, 15) is 41.0 Å². The summed E-state index contributed by atoms with van der Waals surface area (Å²) in [6.07, 6.45) is -2.99. The lowest BCUT2D eigenvalue weighted by Gasteiger charge is -2.19. The first-order chi connectivity index (χ1) is 34.7. The van der Waals surface area contributed by atoms with Crippen LogP contribution in [-0.2, 0) is 60.2 Å². The van der Waals surface area contributed by atoms with E-state index in [4.69, 9.17) is 9.72 Å². The number of alkyl halides is 6. The number of phenols is 1. The summed E-state index contributed by atoms with van der Waals surface area (Å²) in [7, 11) is 7.07. The van der Waals surface area contributed by atoms with Gasteiger partial charge < -0.3 is 24.3 Å². The van der Waals surface area contributed by atoms with E-state index in [1.54, 1.807) is 79.4 Å². The Hall–Kier alpha value is -8.64. The fourth-order valence-electron chi connectivity index (χ4n) is 9.43. The molecular formula is C48H44F6N15O4+. The Kier molecular flexibility index (Phi) is 11.8. The zero-order valence-corrected chi connectivity index (χ0v) is 39.8. The molecule has 2 N–H and O–H groups in total. The van der Waals surface area contributed by atoms with Gasteiger partial charge in [0, 0.05) is 61.9 Å². The van der Waals surface area contributed by atoms with E-state index >= 15 is 0 Å². The fourth-order valence-corrected chi connectivity index (χ4v) is 9.43.